The van der Waals surface area contributed by atoms with E-state index >= 15 is 0 Å². The second-order valence-corrected chi connectivity index (χ2v) is 11.8. The summed E-state index contributed by atoms with van der Waals surface area (Å²) in [6.45, 7) is 7.54. The number of sulfonamides is 1. The van der Waals surface area contributed by atoms with E-state index in [1.807, 2.05) is 51.1 Å². The number of nitrogens with zero attached hydrogens (tertiary/aromatic N) is 2. The van der Waals surface area contributed by atoms with Gasteiger partial charge in [0.15, 0.2) is 0 Å². The van der Waals surface area contributed by atoms with E-state index in [9.17, 15) is 18.0 Å². The van der Waals surface area contributed by atoms with E-state index < -0.39 is 28.5 Å². The predicted molar refractivity (Wildman–Crippen MR) is 157 cm³/mol. The number of aryl methyl sites for hydroxylation is 2. The molecule has 3 aromatic rings. The molecule has 0 aliphatic rings. The van der Waals surface area contributed by atoms with Crippen LogP contribution in [0.2, 0.25) is 5.02 Å². The quantitative estimate of drug-likeness (QED) is 0.327. The van der Waals surface area contributed by atoms with Gasteiger partial charge in [0.2, 0.25) is 11.8 Å². The van der Waals surface area contributed by atoms with Gasteiger partial charge in [-0.1, -0.05) is 72.6 Å². The number of hydrogen-bond acceptors (Lipinski definition) is 4. The lowest BCUT2D eigenvalue weighted by Crippen LogP contribution is -2.52. The van der Waals surface area contributed by atoms with Crippen molar-refractivity contribution in [3.05, 3.63) is 94.5 Å². The molecule has 0 aromatic heterocycles. The first kappa shape index (κ1) is 30.2. The Balaban J connectivity index is 1.99. The number of halogens is 1. The van der Waals surface area contributed by atoms with E-state index in [0.29, 0.717) is 18.0 Å². The van der Waals surface area contributed by atoms with Crippen LogP contribution in [0.4, 0.5) is 5.69 Å². The second kappa shape index (κ2) is 13.6. The maximum atomic E-state index is 13.9. The monoisotopic (exact) mass is 569 g/mol. The van der Waals surface area contributed by atoms with Crippen LogP contribution in [0.3, 0.4) is 0 Å². The van der Waals surface area contributed by atoms with E-state index in [0.717, 1.165) is 27.4 Å². The number of hydrogen-bond donors (Lipinski definition) is 1. The van der Waals surface area contributed by atoms with Gasteiger partial charge in [-0.2, -0.15) is 0 Å². The Kier molecular flexibility index (Phi) is 10.5. The summed E-state index contributed by atoms with van der Waals surface area (Å²) in [6.07, 6.45) is 1.27. The van der Waals surface area contributed by atoms with Crippen LogP contribution in [0, 0.1) is 13.8 Å². The molecular weight excluding hydrogens is 534 g/mol. The molecule has 0 spiro atoms. The van der Waals surface area contributed by atoms with E-state index in [2.05, 4.69) is 5.32 Å². The number of rotatable bonds is 12. The van der Waals surface area contributed by atoms with Crippen molar-refractivity contribution in [3.63, 3.8) is 0 Å². The fourth-order valence-electron chi connectivity index (χ4n) is 4.07. The fraction of sp³-hybridized carbons (Fsp3) is 0.333. The molecule has 0 aliphatic heterocycles. The third-order valence-electron chi connectivity index (χ3n) is 6.53. The van der Waals surface area contributed by atoms with Gasteiger partial charge in [-0.05, 0) is 69.0 Å². The molecule has 208 valence electrons. The summed E-state index contributed by atoms with van der Waals surface area (Å²) < 4.78 is 28.8. The molecule has 3 rings (SSSR count). The van der Waals surface area contributed by atoms with Gasteiger partial charge >= 0.3 is 0 Å². The van der Waals surface area contributed by atoms with Crippen molar-refractivity contribution in [1.82, 2.24) is 10.2 Å². The van der Waals surface area contributed by atoms with Gasteiger partial charge in [-0.3, -0.25) is 13.9 Å². The average molecular weight is 570 g/mol. The Morgan fingerprint density at radius 2 is 1.64 bits per heavy atom. The summed E-state index contributed by atoms with van der Waals surface area (Å²) in [4.78, 5) is 28.3. The van der Waals surface area contributed by atoms with Crippen LogP contribution in [0.1, 0.15) is 37.0 Å². The highest BCUT2D eigenvalue weighted by molar-refractivity contribution is 7.92. The van der Waals surface area contributed by atoms with Crippen LogP contribution in [0.5, 0.6) is 0 Å². The fourth-order valence-corrected chi connectivity index (χ4v) is 5.65. The number of benzene rings is 3. The first-order valence-electron chi connectivity index (χ1n) is 13.0. The molecule has 2 amide bonds. The number of amides is 2. The topological polar surface area (TPSA) is 86.8 Å². The van der Waals surface area contributed by atoms with Crippen molar-refractivity contribution >= 4 is 39.1 Å². The molecule has 0 heterocycles. The Morgan fingerprint density at radius 1 is 0.974 bits per heavy atom. The SMILES string of the molecule is CCCNC(=O)[C@@H](C)N(CCc1ccccc1)C(=O)CN(c1ccc(C)c(Cl)c1)S(=O)(=O)c1ccc(C)cc1. The molecule has 0 radical (unpaired) electrons. The molecule has 9 heteroatoms. The third kappa shape index (κ3) is 7.83. The maximum Gasteiger partial charge on any atom is 0.264 e. The van der Waals surface area contributed by atoms with Gasteiger partial charge in [-0.25, -0.2) is 8.42 Å². The zero-order valence-corrected chi connectivity index (χ0v) is 24.4. The van der Waals surface area contributed by atoms with Crippen LogP contribution in [-0.4, -0.2) is 50.8 Å². The highest BCUT2D eigenvalue weighted by atomic mass is 35.5. The normalized spacial score (nSPS) is 12.0. The molecule has 0 bridgehead atoms. The van der Waals surface area contributed by atoms with Crippen LogP contribution in [0.15, 0.2) is 77.7 Å². The number of carbonyl (C=O) groups excluding carboxylic acids is 2. The number of carbonyl (C=O) groups is 2. The summed E-state index contributed by atoms with van der Waals surface area (Å²) in [5.74, 6) is -0.776. The molecule has 1 atom stereocenters. The van der Waals surface area contributed by atoms with Crippen LogP contribution >= 0.6 is 11.6 Å². The van der Waals surface area contributed by atoms with Crippen LogP contribution in [-0.2, 0) is 26.0 Å². The molecule has 0 saturated heterocycles. The van der Waals surface area contributed by atoms with Gasteiger partial charge in [0, 0.05) is 18.1 Å². The molecule has 0 saturated carbocycles. The zero-order chi connectivity index (χ0) is 28.6. The smallest absolute Gasteiger partial charge is 0.264 e. The van der Waals surface area contributed by atoms with Crippen LogP contribution in [0.25, 0.3) is 0 Å². The van der Waals surface area contributed by atoms with Crippen molar-refractivity contribution in [2.24, 2.45) is 0 Å². The Morgan fingerprint density at radius 3 is 2.26 bits per heavy atom. The molecular formula is C30H36ClN3O4S. The van der Waals surface area contributed by atoms with Gasteiger partial charge in [0.05, 0.1) is 10.6 Å². The molecule has 3 aromatic carbocycles. The van der Waals surface area contributed by atoms with Gasteiger partial charge in [-0.15, -0.1) is 0 Å². The van der Waals surface area contributed by atoms with Gasteiger partial charge in [0.25, 0.3) is 10.0 Å². The minimum absolute atomic E-state index is 0.0576. The van der Waals surface area contributed by atoms with Crippen molar-refractivity contribution in [2.75, 3.05) is 23.9 Å². The lowest BCUT2D eigenvalue weighted by Gasteiger charge is -2.32. The third-order valence-corrected chi connectivity index (χ3v) is 8.73. The Bertz CT molecular complexity index is 1380. The average Bonchev–Trinajstić information content (AvgIpc) is 2.92. The summed E-state index contributed by atoms with van der Waals surface area (Å²) >= 11 is 6.36. The highest BCUT2D eigenvalue weighted by Crippen LogP contribution is 2.28. The van der Waals surface area contributed by atoms with Gasteiger partial charge < -0.3 is 10.2 Å². The second-order valence-electron chi connectivity index (χ2n) is 9.55. The predicted octanol–water partition coefficient (Wildman–Crippen LogP) is 5.14. The zero-order valence-electron chi connectivity index (χ0n) is 22.9. The van der Waals surface area contributed by atoms with Crippen molar-refractivity contribution < 1.29 is 18.0 Å². The van der Waals surface area contributed by atoms with Crippen molar-refractivity contribution in [3.8, 4) is 0 Å². The Hall–Kier alpha value is -3.36. The van der Waals surface area contributed by atoms with Crippen molar-refractivity contribution in [2.45, 2.75) is 51.5 Å². The maximum absolute atomic E-state index is 13.9. The van der Waals surface area contributed by atoms with Crippen LogP contribution < -0.4 is 9.62 Å². The van der Waals surface area contributed by atoms with Crippen molar-refractivity contribution in [1.29, 1.82) is 0 Å². The first-order valence-corrected chi connectivity index (χ1v) is 14.8. The van der Waals surface area contributed by atoms with E-state index in [1.54, 1.807) is 37.3 Å². The number of nitrogens with one attached hydrogen (secondary N) is 1. The lowest BCUT2D eigenvalue weighted by atomic mass is 10.1. The highest BCUT2D eigenvalue weighted by Gasteiger charge is 2.32. The van der Waals surface area contributed by atoms with E-state index in [-0.39, 0.29) is 23.0 Å². The largest absolute Gasteiger partial charge is 0.354 e. The summed E-state index contributed by atoms with van der Waals surface area (Å²) in [6, 6.07) is 20.2. The van der Waals surface area contributed by atoms with E-state index in [1.165, 1.54) is 17.0 Å². The molecule has 39 heavy (non-hydrogen) atoms. The molecule has 1 N–H and O–H groups in total. The van der Waals surface area contributed by atoms with Gasteiger partial charge in [0.1, 0.15) is 12.6 Å². The molecule has 7 nitrogen and oxygen atoms in total. The Labute approximate surface area is 236 Å². The standard InChI is InChI=1S/C30H36ClN3O4S/c1-5-18-32-30(36)24(4)33(19-17-25-9-7-6-8-10-25)29(35)21-34(26-14-13-23(3)28(31)20-26)39(37,38)27-15-11-22(2)12-16-27/h6-16,20,24H,5,17-19,21H2,1-4H3,(H,32,36)/t24-/m1/s1. The summed E-state index contributed by atoms with van der Waals surface area (Å²) in [5.41, 5.74) is 2.97. The molecule has 0 unspecified atom stereocenters. The minimum atomic E-state index is -4.13. The lowest BCUT2D eigenvalue weighted by molar-refractivity contribution is -0.138. The minimum Gasteiger partial charge on any atom is -0.354 e. The van der Waals surface area contributed by atoms with E-state index in [4.69, 9.17) is 11.6 Å². The molecule has 0 fully saturated rings. The first-order chi connectivity index (χ1) is 18.5. The molecule has 0 aliphatic carbocycles. The summed E-state index contributed by atoms with van der Waals surface area (Å²) in [7, 11) is -4.13. The number of anilines is 1. The summed E-state index contributed by atoms with van der Waals surface area (Å²) in [5, 5.41) is 3.23.